The third-order valence-corrected chi connectivity index (χ3v) is 3.75. The van der Waals surface area contributed by atoms with Crippen LogP contribution in [0.5, 0.6) is 0 Å². The number of aliphatic hydroxyl groups is 1. The number of nitrogens with two attached hydrogens (primary N) is 1. The van der Waals surface area contributed by atoms with Crippen LogP contribution in [0.3, 0.4) is 0 Å². The fourth-order valence-electron chi connectivity index (χ4n) is 2.66. The number of hydrogen-bond acceptors (Lipinski definition) is 3. The van der Waals surface area contributed by atoms with Gasteiger partial charge in [0, 0.05) is 19.0 Å². The van der Waals surface area contributed by atoms with Gasteiger partial charge in [0.15, 0.2) is 0 Å². The van der Waals surface area contributed by atoms with Crippen LogP contribution >= 0.6 is 0 Å². The van der Waals surface area contributed by atoms with E-state index in [4.69, 9.17) is 5.73 Å². The first-order valence-corrected chi connectivity index (χ1v) is 6.30. The Bertz CT molecular complexity index is 350. The van der Waals surface area contributed by atoms with Crippen molar-refractivity contribution in [3.05, 3.63) is 35.9 Å². The van der Waals surface area contributed by atoms with Gasteiger partial charge < -0.3 is 10.8 Å². The third kappa shape index (κ3) is 3.06. The predicted octanol–water partition coefficient (Wildman–Crippen LogP) is 1.22. The van der Waals surface area contributed by atoms with Crippen LogP contribution < -0.4 is 5.73 Å². The van der Waals surface area contributed by atoms with Gasteiger partial charge in [-0.25, -0.2) is 0 Å². The first-order chi connectivity index (χ1) is 8.12. The summed E-state index contributed by atoms with van der Waals surface area (Å²) < 4.78 is 0. The predicted molar refractivity (Wildman–Crippen MR) is 69.5 cm³/mol. The molecule has 94 valence electrons. The Labute approximate surface area is 103 Å². The van der Waals surface area contributed by atoms with Gasteiger partial charge in [-0.2, -0.15) is 0 Å². The minimum atomic E-state index is -0.651. The fraction of sp³-hybridized carbons (Fsp3) is 0.571. The maximum atomic E-state index is 10.4. The van der Waals surface area contributed by atoms with E-state index in [1.54, 1.807) is 0 Å². The maximum Gasteiger partial charge on any atom is 0.0786 e. The highest BCUT2D eigenvalue weighted by atomic mass is 16.3. The Kier molecular flexibility index (Phi) is 3.82. The highest BCUT2D eigenvalue weighted by molar-refractivity contribution is 5.14. The Morgan fingerprint density at radius 1 is 1.41 bits per heavy atom. The number of rotatable bonds is 3. The Morgan fingerprint density at radius 2 is 2.12 bits per heavy atom. The number of β-amino-alcohol motifs (C(OH)–C–C–N with tert-alkyl or cyclic N) is 1. The molecule has 3 N–H and O–H groups in total. The van der Waals surface area contributed by atoms with E-state index in [9.17, 15) is 5.11 Å². The van der Waals surface area contributed by atoms with Crippen molar-refractivity contribution in [2.75, 3.05) is 19.6 Å². The summed E-state index contributed by atoms with van der Waals surface area (Å²) in [7, 11) is 0. The molecular formula is C14H22N2O. The summed E-state index contributed by atoms with van der Waals surface area (Å²) in [6.07, 6.45) is 0.982. The van der Waals surface area contributed by atoms with Crippen molar-refractivity contribution in [2.24, 2.45) is 11.7 Å². The Hall–Kier alpha value is -0.900. The van der Waals surface area contributed by atoms with Crippen LogP contribution in [0.4, 0.5) is 0 Å². The molecule has 3 nitrogen and oxygen atoms in total. The van der Waals surface area contributed by atoms with Crippen LogP contribution in [0.15, 0.2) is 30.3 Å². The molecule has 1 fully saturated rings. The fourth-order valence-corrected chi connectivity index (χ4v) is 2.66. The summed E-state index contributed by atoms with van der Waals surface area (Å²) in [5, 5.41) is 10.4. The molecule has 0 aliphatic carbocycles. The van der Waals surface area contributed by atoms with E-state index >= 15 is 0 Å². The summed E-state index contributed by atoms with van der Waals surface area (Å²) in [6.45, 7) is 5.12. The molecule has 3 heteroatoms. The van der Waals surface area contributed by atoms with Crippen LogP contribution in [-0.4, -0.2) is 35.2 Å². The van der Waals surface area contributed by atoms with Gasteiger partial charge in [-0.1, -0.05) is 30.3 Å². The van der Waals surface area contributed by atoms with Gasteiger partial charge in [0.25, 0.3) is 0 Å². The monoisotopic (exact) mass is 234 g/mol. The van der Waals surface area contributed by atoms with E-state index in [0.717, 1.165) is 19.5 Å². The highest BCUT2D eigenvalue weighted by Crippen LogP contribution is 2.27. The lowest BCUT2D eigenvalue weighted by Gasteiger charge is -2.42. The summed E-state index contributed by atoms with van der Waals surface area (Å²) in [4.78, 5) is 2.31. The van der Waals surface area contributed by atoms with Crippen molar-refractivity contribution < 1.29 is 5.11 Å². The standard InChI is InChI=1S/C14H22N2O/c1-14(17)11-16(8-7-13(14)9-15)10-12-5-3-2-4-6-12/h2-6,13,17H,7-11,15H2,1H3/t13-,14+/m1/s1. The van der Waals surface area contributed by atoms with Gasteiger partial charge >= 0.3 is 0 Å². The van der Waals surface area contributed by atoms with Gasteiger partial charge in [-0.3, -0.25) is 4.90 Å². The van der Waals surface area contributed by atoms with Gasteiger partial charge in [-0.15, -0.1) is 0 Å². The molecule has 17 heavy (non-hydrogen) atoms. The summed E-state index contributed by atoms with van der Waals surface area (Å²) in [6, 6.07) is 10.4. The zero-order chi connectivity index (χ0) is 12.3. The SMILES string of the molecule is C[C@]1(O)CN(Cc2ccccc2)CC[C@@H]1CN. The van der Waals surface area contributed by atoms with Crippen LogP contribution in [0.25, 0.3) is 0 Å². The number of benzene rings is 1. The average molecular weight is 234 g/mol. The van der Waals surface area contributed by atoms with Gasteiger partial charge in [0.2, 0.25) is 0 Å². The van der Waals surface area contributed by atoms with Crippen LogP contribution in [0, 0.1) is 5.92 Å². The van der Waals surface area contributed by atoms with Gasteiger partial charge in [0.1, 0.15) is 0 Å². The van der Waals surface area contributed by atoms with Crippen molar-refractivity contribution >= 4 is 0 Å². The molecule has 1 aromatic carbocycles. The lowest BCUT2D eigenvalue weighted by molar-refractivity contribution is -0.0619. The zero-order valence-corrected chi connectivity index (χ0v) is 10.5. The largest absolute Gasteiger partial charge is 0.389 e. The number of piperidine rings is 1. The zero-order valence-electron chi connectivity index (χ0n) is 10.5. The van der Waals surface area contributed by atoms with Crippen LogP contribution in [-0.2, 0) is 6.54 Å². The van der Waals surface area contributed by atoms with E-state index in [1.165, 1.54) is 5.56 Å². The van der Waals surface area contributed by atoms with Gasteiger partial charge in [0.05, 0.1) is 5.60 Å². The highest BCUT2D eigenvalue weighted by Gasteiger charge is 2.36. The second kappa shape index (κ2) is 5.17. The van der Waals surface area contributed by atoms with Crippen LogP contribution in [0.1, 0.15) is 18.9 Å². The Morgan fingerprint density at radius 3 is 2.71 bits per heavy atom. The van der Waals surface area contributed by atoms with E-state index in [-0.39, 0.29) is 5.92 Å². The maximum absolute atomic E-state index is 10.4. The first kappa shape index (κ1) is 12.6. The molecule has 0 amide bonds. The van der Waals surface area contributed by atoms with Crippen molar-refractivity contribution in [3.63, 3.8) is 0 Å². The topological polar surface area (TPSA) is 49.5 Å². The summed E-state index contributed by atoms with van der Waals surface area (Å²) in [5.74, 6) is 0.231. The molecule has 0 radical (unpaired) electrons. The number of likely N-dealkylation sites (tertiary alicyclic amines) is 1. The normalized spacial score (nSPS) is 30.4. The molecule has 1 saturated heterocycles. The van der Waals surface area contributed by atoms with Crippen molar-refractivity contribution in [2.45, 2.75) is 25.5 Å². The molecule has 1 aliphatic rings. The molecule has 1 aromatic rings. The van der Waals surface area contributed by atoms with E-state index in [1.807, 2.05) is 13.0 Å². The number of nitrogens with zero attached hydrogens (tertiary/aromatic N) is 1. The van der Waals surface area contributed by atoms with Crippen molar-refractivity contribution in [3.8, 4) is 0 Å². The molecule has 0 unspecified atom stereocenters. The Balaban J connectivity index is 1.97. The van der Waals surface area contributed by atoms with Crippen molar-refractivity contribution in [1.29, 1.82) is 0 Å². The lowest BCUT2D eigenvalue weighted by Crippen LogP contribution is -2.53. The van der Waals surface area contributed by atoms with E-state index in [2.05, 4.69) is 29.2 Å². The minimum absolute atomic E-state index is 0.231. The van der Waals surface area contributed by atoms with Crippen LogP contribution in [0.2, 0.25) is 0 Å². The lowest BCUT2D eigenvalue weighted by atomic mass is 9.82. The minimum Gasteiger partial charge on any atom is -0.389 e. The second-order valence-electron chi connectivity index (χ2n) is 5.27. The number of hydrogen-bond donors (Lipinski definition) is 2. The van der Waals surface area contributed by atoms with Crippen molar-refractivity contribution in [1.82, 2.24) is 4.90 Å². The first-order valence-electron chi connectivity index (χ1n) is 6.30. The smallest absolute Gasteiger partial charge is 0.0786 e. The molecule has 2 atom stereocenters. The molecule has 0 aromatic heterocycles. The average Bonchev–Trinajstić information content (AvgIpc) is 2.29. The molecule has 0 saturated carbocycles. The summed E-state index contributed by atoms with van der Waals surface area (Å²) in [5.41, 5.74) is 6.35. The molecule has 1 heterocycles. The van der Waals surface area contributed by atoms with E-state index in [0.29, 0.717) is 13.1 Å². The molecule has 2 rings (SSSR count). The van der Waals surface area contributed by atoms with E-state index < -0.39 is 5.60 Å². The molecule has 1 aliphatic heterocycles. The summed E-state index contributed by atoms with van der Waals surface area (Å²) >= 11 is 0. The third-order valence-electron chi connectivity index (χ3n) is 3.75. The second-order valence-corrected chi connectivity index (χ2v) is 5.27. The molecule has 0 bridgehead atoms. The molecule has 0 spiro atoms. The molecular weight excluding hydrogens is 212 g/mol. The van der Waals surface area contributed by atoms with Gasteiger partial charge in [-0.05, 0) is 32.0 Å². The quantitative estimate of drug-likeness (QED) is 0.826.